The molecule has 0 atom stereocenters. The van der Waals surface area contributed by atoms with E-state index in [1.54, 1.807) is 0 Å². The highest BCUT2D eigenvalue weighted by Crippen LogP contribution is 2.26. The Labute approximate surface area is 122 Å². The molecule has 0 saturated carbocycles. The monoisotopic (exact) mass is 326 g/mol. The standard InChI is InChI=1S/C14H19BrN2O2/c1-10(2)19-13-9-11(15)3-4-12(13)14(18)17-7-5-16-6-8-17/h3-4,9-10,16H,5-8H2,1-2H3. The number of hydrogen-bond donors (Lipinski definition) is 1. The SMILES string of the molecule is CC(C)Oc1cc(Br)ccc1C(=O)N1CCNCC1. The van der Waals surface area contributed by atoms with Gasteiger partial charge in [-0.1, -0.05) is 15.9 Å². The van der Waals surface area contributed by atoms with Gasteiger partial charge >= 0.3 is 0 Å². The minimum Gasteiger partial charge on any atom is -0.490 e. The summed E-state index contributed by atoms with van der Waals surface area (Å²) in [6.07, 6.45) is 0.0453. The summed E-state index contributed by atoms with van der Waals surface area (Å²) in [5.74, 6) is 0.692. The molecule has 1 fully saturated rings. The van der Waals surface area contributed by atoms with Gasteiger partial charge in [0.2, 0.25) is 0 Å². The molecule has 0 aliphatic carbocycles. The van der Waals surface area contributed by atoms with Crippen LogP contribution in [-0.2, 0) is 0 Å². The summed E-state index contributed by atoms with van der Waals surface area (Å²) >= 11 is 3.42. The second-order valence-electron chi connectivity index (χ2n) is 4.85. The molecule has 1 aliphatic heterocycles. The molecule has 2 rings (SSSR count). The molecule has 0 aromatic heterocycles. The van der Waals surface area contributed by atoms with Crippen molar-refractivity contribution in [2.45, 2.75) is 20.0 Å². The fourth-order valence-electron chi connectivity index (χ4n) is 2.06. The average Bonchev–Trinajstić information content (AvgIpc) is 2.38. The maximum Gasteiger partial charge on any atom is 0.257 e. The number of nitrogens with one attached hydrogen (secondary N) is 1. The predicted molar refractivity (Wildman–Crippen MR) is 78.7 cm³/mol. The van der Waals surface area contributed by atoms with Crippen molar-refractivity contribution < 1.29 is 9.53 Å². The summed E-state index contributed by atoms with van der Waals surface area (Å²) in [4.78, 5) is 14.4. The molecule has 1 aromatic rings. The Morgan fingerprint density at radius 2 is 2.05 bits per heavy atom. The summed E-state index contributed by atoms with van der Waals surface area (Å²) in [5.41, 5.74) is 0.638. The second kappa shape index (κ2) is 6.39. The van der Waals surface area contributed by atoms with E-state index in [9.17, 15) is 4.79 Å². The lowest BCUT2D eigenvalue weighted by Crippen LogP contribution is -2.46. The van der Waals surface area contributed by atoms with E-state index < -0.39 is 0 Å². The highest BCUT2D eigenvalue weighted by Gasteiger charge is 2.21. The van der Waals surface area contributed by atoms with E-state index >= 15 is 0 Å². The smallest absolute Gasteiger partial charge is 0.257 e. The first-order valence-electron chi connectivity index (χ1n) is 6.54. The maximum atomic E-state index is 12.5. The van der Waals surface area contributed by atoms with Gasteiger partial charge in [-0.3, -0.25) is 4.79 Å². The number of hydrogen-bond acceptors (Lipinski definition) is 3. The summed E-state index contributed by atoms with van der Waals surface area (Å²) in [5, 5.41) is 3.24. The minimum absolute atomic E-state index is 0.0453. The quantitative estimate of drug-likeness (QED) is 0.926. The van der Waals surface area contributed by atoms with E-state index in [0.29, 0.717) is 11.3 Å². The Kier molecular flexibility index (Phi) is 4.82. The summed E-state index contributed by atoms with van der Waals surface area (Å²) in [6, 6.07) is 5.56. The largest absolute Gasteiger partial charge is 0.490 e. The molecule has 1 saturated heterocycles. The first kappa shape index (κ1) is 14.3. The molecule has 0 radical (unpaired) electrons. The lowest BCUT2D eigenvalue weighted by atomic mass is 10.1. The van der Waals surface area contributed by atoms with Gasteiger partial charge in [0.1, 0.15) is 5.75 Å². The lowest BCUT2D eigenvalue weighted by molar-refractivity contribution is 0.0729. The Morgan fingerprint density at radius 3 is 2.68 bits per heavy atom. The van der Waals surface area contributed by atoms with Crippen LogP contribution in [0.1, 0.15) is 24.2 Å². The van der Waals surface area contributed by atoms with Crippen LogP contribution in [0.15, 0.2) is 22.7 Å². The van der Waals surface area contributed by atoms with E-state index in [2.05, 4.69) is 21.2 Å². The van der Waals surface area contributed by atoms with Gasteiger partial charge in [0.15, 0.2) is 0 Å². The Balaban J connectivity index is 2.24. The van der Waals surface area contributed by atoms with E-state index in [0.717, 1.165) is 30.7 Å². The maximum absolute atomic E-state index is 12.5. The van der Waals surface area contributed by atoms with Crippen LogP contribution < -0.4 is 10.1 Å². The van der Waals surface area contributed by atoms with Crippen molar-refractivity contribution in [2.75, 3.05) is 26.2 Å². The van der Waals surface area contributed by atoms with Crippen LogP contribution in [0.4, 0.5) is 0 Å². The number of halogens is 1. The third-order valence-corrected chi connectivity index (χ3v) is 3.43. The molecule has 4 nitrogen and oxygen atoms in total. The minimum atomic E-state index is 0.0453. The van der Waals surface area contributed by atoms with Gasteiger partial charge in [-0.25, -0.2) is 0 Å². The van der Waals surface area contributed by atoms with Gasteiger partial charge in [-0.05, 0) is 32.0 Å². The van der Waals surface area contributed by atoms with Gasteiger partial charge in [0.05, 0.1) is 11.7 Å². The number of ether oxygens (including phenoxy) is 1. The van der Waals surface area contributed by atoms with Crippen LogP contribution in [0.5, 0.6) is 5.75 Å². The van der Waals surface area contributed by atoms with Gasteiger partial charge in [0.25, 0.3) is 5.91 Å². The Hall–Kier alpha value is -1.07. The molecule has 1 aromatic carbocycles. The highest BCUT2D eigenvalue weighted by molar-refractivity contribution is 9.10. The molecule has 104 valence electrons. The van der Waals surface area contributed by atoms with Crippen molar-refractivity contribution in [3.05, 3.63) is 28.2 Å². The molecule has 1 amide bonds. The van der Waals surface area contributed by atoms with Crippen LogP contribution in [0.25, 0.3) is 0 Å². The third-order valence-electron chi connectivity index (χ3n) is 2.94. The van der Waals surface area contributed by atoms with Crippen LogP contribution in [0.3, 0.4) is 0 Å². The molecule has 1 N–H and O–H groups in total. The third kappa shape index (κ3) is 3.70. The molecule has 0 bridgehead atoms. The van der Waals surface area contributed by atoms with Crippen LogP contribution in [0, 0.1) is 0 Å². The van der Waals surface area contributed by atoms with Crippen LogP contribution >= 0.6 is 15.9 Å². The van der Waals surface area contributed by atoms with Gasteiger partial charge in [-0.2, -0.15) is 0 Å². The molecule has 19 heavy (non-hydrogen) atoms. The fraction of sp³-hybridized carbons (Fsp3) is 0.500. The zero-order valence-corrected chi connectivity index (χ0v) is 12.9. The van der Waals surface area contributed by atoms with Crippen molar-refractivity contribution in [1.82, 2.24) is 10.2 Å². The van der Waals surface area contributed by atoms with Gasteiger partial charge < -0.3 is 15.0 Å². The lowest BCUT2D eigenvalue weighted by Gasteiger charge is -2.28. The number of nitrogens with zero attached hydrogens (tertiary/aromatic N) is 1. The summed E-state index contributed by atoms with van der Waals surface area (Å²) in [7, 11) is 0. The average molecular weight is 327 g/mol. The zero-order chi connectivity index (χ0) is 13.8. The summed E-state index contributed by atoms with van der Waals surface area (Å²) < 4.78 is 6.66. The summed E-state index contributed by atoms with van der Waals surface area (Å²) in [6.45, 7) is 7.11. The molecular weight excluding hydrogens is 308 g/mol. The Morgan fingerprint density at radius 1 is 1.37 bits per heavy atom. The van der Waals surface area contributed by atoms with Gasteiger partial charge in [-0.15, -0.1) is 0 Å². The van der Waals surface area contributed by atoms with Crippen LogP contribution in [0.2, 0.25) is 0 Å². The molecule has 1 aliphatic rings. The van der Waals surface area contributed by atoms with Crippen molar-refractivity contribution in [3.8, 4) is 5.75 Å². The number of carbonyl (C=O) groups excluding carboxylic acids is 1. The van der Waals surface area contributed by atoms with Crippen molar-refractivity contribution in [3.63, 3.8) is 0 Å². The normalized spacial score (nSPS) is 15.7. The van der Waals surface area contributed by atoms with Crippen molar-refractivity contribution in [1.29, 1.82) is 0 Å². The van der Waals surface area contributed by atoms with Crippen molar-refractivity contribution in [2.24, 2.45) is 0 Å². The molecule has 5 heteroatoms. The predicted octanol–water partition coefficient (Wildman–Crippen LogP) is 2.28. The van der Waals surface area contributed by atoms with Crippen molar-refractivity contribution >= 4 is 21.8 Å². The molecule has 0 spiro atoms. The molecule has 1 heterocycles. The second-order valence-corrected chi connectivity index (χ2v) is 5.76. The number of amides is 1. The van der Waals surface area contributed by atoms with Crippen LogP contribution in [-0.4, -0.2) is 43.1 Å². The molecular formula is C14H19BrN2O2. The van der Waals surface area contributed by atoms with E-state index in [1.165, 1.54) is 0 Å². The number of benzene rings is 1. The zero-order valence-electron chi connectivity index (χ0n) is 11.3. The first-order valence-corrected chi connectivity index (χ1v) is 7.33. The number of piperazine rings is 1. The first-order chi connectivity index (χ1) is 9.08. The fourth-order valence-corrected chi connectivity index (χ4v) is 2.40. The Bertz CT molecular complexity index is 457. The number of rotatable bonds is 3. The van der Waals surface area contributed by atoms with E-state index in [1.807, 2.05) is 36.9 Å². The van der Waals surface area contributed by atoms with E-state index in [-0.39, 0.29) is 12.0 Å². The number of carbonyl (C=O) groups is 1. The topological polar surface area (TPSA) is 41.6 Å². The van der Waals surface area contributed by atoms with Gasteiger partial charge in [0, 0.05) is 30.7 Å². The molecule has 0 unspecified atom stereocenters. The van der Waals surface area contributed by atoms with E-state index in [4.69, 9.17) is 4.74 Å². The highest BCUT2D eigenvalue weighted by atomic mass is 79.9.